The van der Waals surface area contributed by atoms with E-state index in [1.54, 1.807) is 24.3 Å². The molecule has 2 amide bonds. The Morgan fingerprint density at radius 1 is 1.00 bits per heavy atom. The Hall–Kier alpha value is -2.45. The second kappa shape index (κ2) is 10.6. The van der Waals surface area contributed by atoms with Crippen molar-refractivity contribution in [1.82, 2.24) is 10.6 Å². The van der Waals surface area contributed by atoms with Crippen LogP contribution in [0.25, 0.3) is 0 Å². The fourth-order valence-electron chi connectivity index (χ4n) is 2.51. The summed E-state index contributed by atoms with van der Waals surface area (Å²) in [7, 11) is 0. The van der Waals surface area contributed by atoms with Gasteiger partial charge in [-0.05, 0) is 24.8 Å². The van der Waals surface area contributed by atoms with Gasteiger partial charge in [-0.3, -0.25) is 9.59 Å². The van der Waals surface area contributed by atoms with E-state index in [0.717, 1.165) is 5.56 Å². The molecule has 4 atom stereocenters. The van der Waals surface area contributed by atoms with Gasteiger partial charge in [0.25, 0.3) is 0 Å². The minimum atomic E-state index is -1.17. The number of nitrogens with two attached hydrogens (primary N) is 1. The monoisotopic (exact) mass is 379 g/mol. The summed E-state index contributed by atoms with van der Waals surface area (Å²) in [5.74, 6) is -2.36. The molecular weight excluding hydrogens is 350 g/mol. The van der Waals surface area contributed by atoms with Gasteiger partial charge in [0.15, 0.2) is 0 Å². The largest absolute Gasteiger partial charge is 0.480 e. The van der Waals surface area contributed by atoms with Crippen molar-refractivity contribution in [2.75, 3.05) is 0 Å². The number of aliphatic hydroxyl groups is 1. The molecule has 6 N–H and O–H groups in total. The number of aliphatic carboxylic acids is 1. The molecule has 8 nitrogen and oxygen atoms in total. The fraction of sp³-hybridized carbons (Fsp3) is 0.526. The van der Waals surface area contributed by atoms with E-state index in [9.17, 15) is 24.6 Å². The van der Waals surface area contributed by atoms with Gasteiger partial charge < -0.3 is 26.6 Å². The number of nitrogens with one attached hydrogen (secondary N) is 2. The summed E-state index contributed by atoms with van der Waals surface area (Å²) < 4.78 is 0. The summed E-state index contributed by atoms with van der Waals surface area (Å²) in [6.45, 7) is 5.13. The highest BCUT2D eigenvalue weighted by Crippen LogP contribution is 2.08. The summed E-state index contributed by atoms with van der Waals surface area (Å²) in [4.78, 5) is 36.3. The number of aliphatic hydroxyl groups excluding tert-OH is 1. The highest BCUT2D eigenvalue weighted by atomic mass is 16.4. The summed E-state index contributed by atoms with van der Waals surface area (Å²) in [6, 6.07) is 5.69. The molecule has 1 aromatic rings. The first kappa shape index (κ1) is 22.6. The number of hydrogen-bond donors (Lipinski definition) is 5. The third-order valence-corrected chi connectivity index (χ3v) is 4.06. The Bertz CT molecular complexity index is 633. The fourth-order valence-corrected chi connectivity index (χ4v) is 2.51. The smallest absolute Gasteiger partial charge is 0.326 e. The molecule has 0 saturated carbocycles. The van der Waals surface area contributed by atoms with Crippen LogP contribution in [-0.4, -0.2) is 52.2 Å². The van der Waals surface area contributed by atoms with Crippen molar-refractivity contribution in [2.24, 2.45) is 11.7 Å². The zero-order chi connectivity index (χ0) is 20.6. The van der Waals surface area contributed by atoms with E-state index in [4.69, 9.17) is 5.73 Å². The van der Waals surface area contributed by atoms with Crippen LogP contribution < -0.4 is 16.4 Å². The Morgan fingerprint density at radius 3 is 2.04 bits per heavy atom. The lowest BCUT2D eigenvalue weighted by molar-refractivity contribution is -0.142. The van der Waals surface area contributed by atoms with Gasteiger partial charge in [-0.2, -0.15) is 0 Å². The lowest BCUT2D eigenvalue weighted by Crippen LogP contribution is -2.56. The third kappa shape index (κ3) is 7.76. The average molecular weight is 379 g/mol. The van der Waals surface area contributed by atoms with Gasteiger partial charge in [0.1, 0.15) is 18.1 Å². The molecule has 0 radical (unpaired) electrons. The number of carbonyl (C=O) groups excluding carboxylic acids is 2. The second-order valence-electron chi connectivity index (χ2n) is 7.05. The molecule has 27 heavy (non-hydrogen) atoms. The molecule has 150 valence electrons. The SMILES string of the molecule is CC(C)CC(NC(=O)C(N)C(C)O)C(=O)NC(Cc1ccccc1)C(=O)O. The number of benzene rings is 1. The first-order valence-corrected chi connectivity index (χ1v) is 8.93. The molecule has 0 aromatic heterocycles. The topological polar surface area (TPSA) is 142 Å². The Labute approximate surface area is 159 Å². The Kier molecular flexibility index (Phi) is 8.90. The summed E-state index contributed by atoms with van der Waals surface area (Å²) in [5.41, 5.74) is 6.37. The third-order valence-electron chi connectivity index (χ3n) is 4.06. The van der Waals surface area contributed by atoms with Crippen LogP contribution in [-0.2, 0) is 20.8 Å². The van der Waals surface area contributed by atoms with Crippen molar-refractivity contribution >= 4 is 17.8 Å². The predicted molar refractivity (Wildman–Crippen MR) is 101 cm³/mol. The van der Waals surface area contributed by atoms with Crippen LogP contribution in [0.4, 0.5) is 0 Å². The van der Waals surface area contributed by atoms with Crippen molar-refractivity contribution < 1.29 is 24.6 Å². The molecule has 0 heterocycles. The molecule has 0 aliphatic rings. The van der Waals surface area contributed by atoms with E-state index in [2.05, 4.69) is 10.6 Å². The van der Waals surface area contributed by atoms with Gasteiger partial charge in [-0.25, -0.2) is 4.79 Å². The van der Waals surface area contributed by atoms with E-state index >= 15 is 0 Å². The van der Waals surface area contributed by atoms with Crippen LogP contribution in [0.5, 0.6) is 0 Å². The molecule has 0 spiro atoms. The molecule has 0 bridgehead atoms. The normalized spacial score (nSPS) is 15.5. The predicted octanol–water partition coefficient (Wildman–Crippen LogP) is 0.0375. The number of amides is 2. The summed E-state index contributed by atoms with van der Waals surface area (Å²) in [6.07, 6.45) is -0.642. The van der Waals surface area contributed by atoms with Crippen molar-refractivity contribution in [2.45, 2.75) is 57.8 Å². The zero-order valence-electron chi connectivity index (χ0n) is 15.9. The van der Waals surface area contributed by atoms with Crippen LogP contribution in [0.2, 0.25) is 0 Å². The molecule has 4 unspecified atom stereocenters. The van der Waals surface area contributed by atoms with Gasteiger partial charge in [0.05, 0.1) is 6.10 Å². The van der Waals surface area contributed by atoms with Crippen LogP contribution >= 0.6 is 0 Å². The minimum absolute atomic E-state index is 0.0706. The number of carbonyl (C=O) groups is 3. The van der Waals surface area contributed by atoms with Gasteiger partial charge in [0, 0.05) is 6.42 Å². The second-order valence-corrected chi connectivity index (χ2v) is 7.05. The lowest BCUT2D eigenvalue weighted by Gasteiger charge is -2.24. The first-order valence-electron chi connectivity index (χ1n) is 8.93. The van der Waals surface area contributed by atoms with Crippen LogP contribution in [0.3, 0.4) is 0 Å². The maximum atomic E-state index is 12.6. The molecule has 0 fully saturated rings. The van der Waals surface area contributed by atoms with E-state index in [0.29, 0.717) is 6.42 Å². The standard InChI is InChI=1S/C19H29N3O5/c1-11(2)9-14(21-18(25)16(20)12(3)23)17(24)22-15(19(26)27)10-13-7-5-4-6-8-13/h4-8,11-12,14-16,23H,9-10,20H2,1-3H3,(H,21,25)(H,22,24)(H,26,27). The van der Waals surface area contributed by atoms with Gasteiger partial charge in [0.2, 0.25) is 11.8 Å². The maximum Gasteiger partial charge on any atom is 0.326 e. The van der Waals surface area contributed by atoms with Crippen molar-refractivity contribution in [3.8, 4) is 0 Å². The molecule has 0 saturated heterocycles. The Balaban J connectivity index is 2.85. The number of carboxylic acids is 1. The Morgan fingerprint density at radius 2 is 1.56 bits per heavy atom. The van der Waals surface area contributed by atoms with Crippen LogP contribution in [0.15, 0.2) is 30.3 Å². The van der Waals surface area contributed by atoms with Crippen LogP contribution in [0.1, 0.15) is 32.8 Å². The van der Waals surface area contributed by atoms with Crippen LogP contribution in [0, 0.1) is 5.92 Å². The molecular formula is C19H29N3O5. The van der Waals surface area contributed by atoms with Crippen molar-refractivity contribution in [3.63, 3.8) is 0 Å². The van der Waals surface area contributed by atoms with E-state index in [1.807, 2.05) is 19.9 Å². The van der Waals surface area contributed by atoms with Gasteiger partial charge >= 0.3 is 5.97 Å². The molecule has 0 aliphatic carbocycles. The molecule has 8 heteroatoms. The average Bonchev–Trinajstić information content (AvgIpc) is 2.59. The van der Waals surface area contributed by atoms with Crippen molar-refractivity contribution in [1.29, 1.82) is 0 Å². The first-order chi connectivity index (χ1) is 12.6. The van der Waals surface area contributed by atoms with Crippen molar-refractivity contribution in [3.05, 3.63) is 35.9 Å². The molecule has 1 aromatic carbocycles. The highest BCUT2D eigenvalue weighted by molar-refractivity contribution is 5.92. The maximum absolute atomic E-state index is 12.6. The minimum Gasteiger partial charge on any atom is -0.480 e. The number of rotatable bonds is 10. The van der Waals surface area contributed by atoms with Gasteiger partial charge in [-0.1, -0.05) is 44.2 Å². The van der Waals surface area contributed by atoms with E-state index < -0.39 is 42.0 Å². The number of carboxylic acid groups (broad SMARTS) is 1. The lowest BCUT2D eigenvalue weighted by atomic mass is 10.0. The van der Waals surface area contributed by atoms with E-state index in [1.165, 1.54) is 6.92 Å². The van der Waals surface area contributed by atoms with Gasteiger partial charge in [-0.15, -0.1) is 0 Å². The number of hydrogen-bond acceptors (Lipinski definition) is 5. The zero-order valence-corrected chi connectivity index (χ0v) is 15.9. The van der Waals surface area contributed by atoms with E-state index in [-0.39, 0.29) is 12.3 Å². The summed E-state index contributed by atoms with van der Waals surface area (Å²) >= 11 is 0. The highest BCUT2D eigenvalue weighted by Gasteiger charge is 2.29. The molecule has 1 rings (SSSR count). The quantitative estimate of drug-likeness (QED) is 0.388. The molecule has 0 aliphatic heterocycles. The summed E-state index contributed by atoms with van der Waals surface area (Å²) in [5, 5.41) is 23.9.